The van der Waals surface area contributed by atoms with Gasteiger partial charge in [0.05, 0.1) is 12.2 Å². The van der Waals surface area contributed by atoms with Gasteiger partial charge in [0.25, 0.3) is 0 Å². The molecule has 24 heavy (non-hydrogen) atoms. The Labute approximate surface area is 149 Å². The first-order valence-electron chi connectivity index (χ1n) is 6.60. The quantitative estimate of drug-likeness (QED) is 0.332. The molecule has 11 heteroatoms. The van der Waals surface area contributed by atoms with Gasteiger partial charge in [-0.1, -0.05) is 23.1 Å². The van der Waals surface area contributed by atoms with E-state index in [4.69, 9.17) is 20.8 Å². The van der Waals surface area contributed by atoms with E-state index >= 15 is 0 Å². The number of rotatable bonds is 7. The van der Waals surface area contributed by atoms with Gasteiger partial charge in [-0.05, 0) is 0 Å². The van der Waals surface area contributed by atoms with Crippen LogP contribution in [-0.2, 0) is 15.3 Å². The van der Waals surface area contributed by atoms with Crippen LogP contribution in [0.1, 0.15) is 19.1 Å². The minimum absolute atomic E-state index is 0.00623. The van der Waals surface area contributed by atoms with Crippen molar-refractivity contribution in [1.82, 2.24) is 10.2 Å². The molecule has 128 valence electrons. The summed E-state index contributed by atoms with van der Waals surface area (Å²) in [5.74, 6) is -0.172. The molecule has 1 N–H and O–H groups in total. The molecule has 0 aliphatic rings. The molecule has 2 aromatic heterocycles. The van der Waals surface area contributed by atoms with Crippen molar-refractivity contribution in [1.29, 1.82) is 0 Å². The van der Waals surface area contributed by atoms with E-state index in [1.807, 2.05) is 0 Å². The predicted molar refractivity (Wildman–Crippen MR) is 89.7 cm³/mol. The van der Waals surface area contributed by atoms with Crippen molar-refractivity contribution in [2.24, 2.45) is 0 Å². The molecule has 0 bridgehead atoms. The number of ether oxygens (including phenoxy) is 1. The predicted octanol–water partition coefficient (Wildman–Crippen LogP) is 2.28. The van der Waals surface area contributed by atoms with E-state index in [0.717, 1.165) is 6.26 Å². The number of nitrogens with one attached hydrogen (secondary N) is 1. The van der Waals surface area contributed by atoms with E-state index in [0.29, 0.717) is 21.0 Å². The van der Waals surface area contributed by atoms with Crippen LogP contribution in [0, 0.1) is 0 Å². The minimum atomic E-state index is -0.598. The molecule has 1 amide bonds. The van der Waals surface area contributed by atoms with Gasteiger partial charge in [-0.2, -0.15) is 0 Å². The molecule has 0 spiro atoms. The maximum absolute atomic E-state index is 11.9. The number of hydrogen-bond acceptors (Lipinski definition) is 9. The first-order chi connectivity index (χ1) is 11.5. The van der Waals surface area contributed by atoms with Gasteiger partial charge in [0.1, 0.15) is 12.0 Å². The zero-order valence-electron chi connectivity index (χ0n) is 12.4. The second-order valence-electron chi connectivity index (χ2n) is 4.33. The third-order valence-electron chi connectivity index (χ3n) is 2.40. The molecule has 0 saturated heterocycles. The Bertz CT molecular complexity index is 792. The van der Waals surface area contributed by atoms with E-state index in [9.17, 15) is 14.4 Å². The van der Waals surface area contributed by atoms with Crippen LogP contribution >= 0.6 is 34.7 Å². The number of carbonyl (C=O) groups excluding carboxylic acids is 2. The average molecular weight is 390 g/mol. The molecular formula is C13H12ClN3O5S2. The van der Waals surface area contributed by atoms with Crippen LogP contribution in [0.2, 0.25) is 0 Å². The summed E-state index contributed by atoms with van der Waals surface area (Å²) in [6.07, 6.45) is 1.10. The van der Waals surface area contributed by atoms with Crippen LogP contribution < -0.4 is 15.5 Å². The average Bonchev–Trinajstić information content (AvgIpc) is 2.94. The van der Waals surface area contributed by atoms with E-state index in [-0.39, 0.29) is 24.0 Å². The monoisotopic (exact) mass is 389 g/mol. The van der Waals surface area contributed by atoms with Gasteiger partial charge >= 0.3 is 5.97 Å². The lowest BCUT2D eigenvalue weighted by molar-refractivity contribution is -0.134. The maximum Gasteiger partial charge on any atom is 0.312 e. The van der Waals surface area contributed by atoms with Crippen LogP contribution in [-0.4, -0.2) is 28.0 Å². The Morgan fingerprint density at radius 1 is 1.46 bits per heavy atom. The Morgan fingerprint density at radius 2 is 2.25 bits per heavy atom. The highest BCUT2D eigenvalue weighted by Gasteiger charge is 2.11. The van der Waals surface area contributed by atoms with E-state index in [1.165, 1.54) is 36.1 Å². The lowest BCUT2D eigenvalue weighted by atomic mass is 10.4. The highest BCUT2D eigenvalue weighted by Crippen LogP contribution is 2.28. The van der Waals surface area contributed by atoms with Crippen LogP contribution in [0.3, 0.4) is 0 Å². The Kier molecular flexibility index (Phi) is 6.76. The van der Waals surface area contributed by atoms with Gasteiger partial charge in [0.2, 0.25) is 22.2 Å². The summed E-state index contributed by atoms with van der Waals surface area (Å²) < 4.78 is 10.7. The normalized spacial score (nSPS) is 10.4. The first-order valence-corrected chi connectivity index (χ1v) is 8.94. The van der Waals surface area contributed by atoms with Crippen LogP contribution in [0.25, 0.3) is 0 Å². The number of anilines is 1. The van der Waals surface area contributed by atoms with Gasteiger partial charge in [-0.15, -0.1) is 21.8 Å². The zero-order valence-corrected chi connectivity index (χ0v) is 14.8. The molecule has 0 atom stereocenters. The fraction of sp³-hybridized carbons (Fsp3) is 0.308. The topological polar surface area (TPSA) is 111 Å². The Balaban J connectivity index is 1.95. The number of carbonyl (C=O) groups is 2. The second kappa shape index (κ2) is 8.81. The number of alkyl halides is 1. The summed E-state index contributed by atoms with van der Waals surface area (Å²) in [5.41, 5.74) is -0.462. The number of amides is 1. The summed E-state index contributed by atoms with van der Waals surface area (Å²) >= 11 is 7.92. The maximum atomic E-state index is 11.9. The SMILES string of the molecule is CC(=O)Nc1nnc(SCc2cc(=O)c(OC(=O)CCCl)co2)s1. The van der Waals surface area contributed by atoms with Crippen molar-refractivity contribution >= 4 is 51.7 Å². The lowest BCUT2D eigenvalue weighted by Gasteiger charge is -2.03. The number of nitrogens with zero attached hydrogens (tertiary/aromatic N) is 2. The zero-order chi connectivity index (χ0) is 17.5. The fourth-order valence-corrected chi connectivity index (χ4v) is 3.28. The number of halogens is 1. The molecule has 0 saturated carbocycles. The Hall–Kier alpha value is -1.91. The first kappa shape index (κ1) is 18.4. The van der Waals surface area contributed by atoms with Crippen LogP contribution in [0.5, 0.6) is 5.75 Å². The lowest BCUT2D eigenvalue weighted by Crippen LogP contribution is -2.14. The molecule has 0 aliphatic carbocycles. The molecule has 0 fully saturated rings. The van der Waals surface area contributed by atoms with E-state index in [1.54, 1.807) is 0 Å². The largest absolute Gasteiger partial charge is 0.464 e. The summed E-state index contributed by atoms with van der Waals surface area (Å²) in [5, 5.41) is 10.6. The summed E-state index contributed by atoms with van der Waals surface area (Å²) in [6.45, 7) is 1.38. The van der Waals surface area contributed by atoms with Crippen molar-refractivity contribution in [3.63, 3.8) is 0 Å². The standard InChI is InChI=1S/C13H12ClN3O5S2/c1-7(18)15-12-16-17-13(24-12)23-6-8-4-9(19)10(5-21-8)22-11(20)2-3-14/h4-5H,2-3,6H2,1H3,(H,15,16,18). The fourth-order valence-electron chi connectivity index (χ4n) is 1.44. The molecule has 2 heterocycles. The van der Waals surface area contributed by atoms with Gasteiger partial charge in [0.15, 0.2) is 4.34 Å². The third kappa shape index (κ3) is 5.62. The third-order valence-corrected chi connectivity index (χ3v) is 4.59. The van der Waals surface area contributed by atoms with Crippen molar-refractivity contribution in [3.05, 3.63) is 28.3 Å². The van der Waals surface area contributed by atoms with Crippen molar-refractivity contribution in [2.75, 3.05) is 11.2 Å². The van der Waals surface area contributed by atoms with Crippen molar-refractivity contribution in [2.45, 2.75) is 23.4 Å². The highest BCUT2D eigenvalue weighted by molar-refractivity contribution is 8.00. The summed E-state index contributed by atoms with van der Waals surface area (Å²) in [6, 6.07) is 1.24. The van der Waals surface area contributed by atoms with Gasteiger partial charge < -0.3 is 14.5 Å². The van der Waals surface area contributed by atoms with Crippen molar-refractivity contribution in [3.8, 4) is 5.75 Å². The summed E-state index contributed by atoms with van der Waals surface area (Å²) in [4.78, 5) is 34.1. The molecule has 2 aromatic rings. The molecule has 2 rings (SSSR count). The minimum Gasteiger partial charge on any atom is -0.464 e. The molecule has 0 unspecified atom stereocenters. The van der Waals surface area contributed by atoms with Gasteiger partial charge in [0, 0.05) is 18.9 Å². The van der Waals surface area contributed by atoms with Crippen LogP contribution in [0.15, 0.2) is 25.9 Å². The second-order valence-corrected chi connectivity index (χ2v) is 6.91. The number of thioether (sulfide) groups is 1. The summed E-state index contributed by atoms with van der Waals surface area (Å²) in [7, 11) is 0. The van der Waals surface area contributed by atoms with E-state index < -0.39 is 11.4 Å². The van der Waals surface area contributed by atoms with E-state index in [2.05, 4.69) is 15.5 Å². The molecule has 0 aliphatic heterocycles. The number of hydrogen-bond donors (Lipinski definition) is 1. The smallest absolute Gasteiger partial charge is 0.312 e. The molecule has 0 aromatic carbocycles. The molecule has 8 nitrogen and oxygen atoms in total. The van der Waals surface area contributed by atoms with Gasteiger partial charge in [-0.25, -0.2) is 0 Å². The Morgan fingerprint density at radius 3 is 2.92 bits per heavy atom. The molecule has 0 radical (unpaired) electrons. The van der Waals surface area contributed by atoms with Crippen molar-refractivity contribution < 1.29 is 18.7 Å². The number of esters is 1. The van der Waals surface area contributed by atoms with Gasteiger partial charge in [-0.3, -0.25) is 14.4 Å². The highest BCUT2D eigenvalue weighted by atomic mass is 35.5. The van der Waals surface area contributed by atoms with Crippen LogP contribution in [0.4, 0.5) is 5.13 Å². The molecular weight excluding hydrogens is 378 g/mol. The number of aromatic nitrogens is 2.